The number of aromatic nitrogens is 1. The monoisotopic (exact) mass is 526 g/mol. The van der Waals surface area contributed by atoms with E-state index in [1.54, 1.807) is 11.8 Å². The molecule has 1 aromatic carbocycles. The third-order valence-corrected chi connectivity index (χ3v) is 8.26. The van der Waals surface area contributed by atoms with Crippen LogP contribution in [0.3, 0.4) is 0 Å². The number of carbonyl (C=O) groups excluding carboxylic acids is 1. The van der Waals surface area contributed by atoms with Crippen LogP contribution in [0.25, 0.3) is 0 Å². The molecule has 1 atom stereocenters. The van der Waals surface area contributed by atoms with Gasteiger partial charge in [-0.2, -0.15) is 17.0 Å². The number of pyridine rings is 1. The molecule has 194 valence electrons. The first-order chi connectivity index (χ1) is 17.3. The maximum absolute atomic E-state index is 12.8. The zero-order valence-electron chi connectivity index (χ0n) is 22.0. The summed E-state index contributed by atoms with van der Waals surface area (Å²) in [5.41, 5.74) is 4.11. The number of nitriles is 1. The summed E-state index contributed by atoms with van der Waals surface area (Å²) in [5.74, 6) is 2.31. The average Bonchev–Trinajstić information content (AvgIpc) is 2.87. The summed E-state index contributed by atoms with van der Waals surface area (Å²) >= 11 is 3.07. The standard InChI is InChI=1S/C29H38N2O3S2/c1-5-6-15-35-19-25(18-33-24-13-11-23(12-14-24)29(2,3)4)34-27(32)20-36-28-22(17-30)16-21-9-7-8-10-26(21)31-28/h11-14,16,25H,5-10,15,18-20H2,1-4H3. The number of benzene rings is 1. The lowest BCUT2D eigenvalue weighted by molar-refractivity contribution is -0.145. The zero-order chi connectivity index (χ0) is 26.0. The molecule has 1 aliphatic carbocycles. The molecule has 0 radical (unpaired) electrons. The van der Waals surface area contributed by atoms with E-state index in [0.29, 0.717) is 22.9 Å². The van der Waals surface area contributed by atoms with E-state index in [0.717, 1.165) is 55.7 Å². The summed E-state index contributed by atoms with van der Waals surface area (Å²) in [6.45, 7) is 9.03. The van der Waals surface area contributed by atoms with E-state index in [1.165, 1.54) is 22.9 Å². The van der Waals surface area contributed by atoms with Gasteiger partial charge in [-0.05, 0) is 72.6 Å². The van der Waals surface area contributed by atoms with Gasteiger partial charge in [0.25, 0.3) is 0 Å². The molecule has 36 heavy (non-hydrogen) atoms. The lowest BCUT2D eigenvalue weighted by Crippen LogP contribution is -2.28. The highest BCUT2D eigenvalue weighted by Crippen LogP contribution is 2.28. The fraction of sp³-hybridized carbons (Fsp3) is 0.552. The SMILES string of the molecule is CCCCSCC(COc1ccc(C(C)(C)C)cc1)OC(=O)CSc1nc2c(cc1C#N)CCCC2. The predicted molar refractivity (Wildman–Crippen MR) is 149 cm³/mol. The Hall–Kier alpha value is -2.17. The summed E-state index contributed by atoms with van der Waals surface area (Å²) in [6, 6.07) is 12.3. The van der Waals surface area contributed by atoms with Gasteiger partial charge in [-0.3, -0.25) is 4.79 Å². The Morgan fingerprint density at radius 3 is 2.64 bits per heavy atom. The lowest BCUT2D eigenvalue weighted by atomic mass is 9.87. The molecule has 0 bridgehead atoms. The third-order valence-electron chi connectivity index (χ3n) is 6.11. The second-order valence-corrected chi connectivity index (χ2v) is 12.3. The van der Waals surface area contributed by atoms with Crippen LogP contribution in [0, 0.1) is 11.3 Å². The largest absolute Gasteiger partial charge is 0.490 e. The number of aryl methyl sites for hydroxylation is 2. The van der Waals surface area contributed by atoms with Gasteiger partial charge < -0.3 is 9.47 Å². The van der Waals surface area contributed by atoms with Crippen molar-refractivity contribution in [1.82, 2.24) is 4.98 Å². The Bertz CT molecular complexity index is 1040. The minimum Gasteiger partial charge on any atom is -0.490 e. The van der Waals surface area contributed by atoms with Crippen molar-refractivity contribution in [3.8, 4) is 11.8 Å². The second kappa shape index (κ2) is 13.9. The zero-order valence-corrected chi connectivity index (χ0v) is 23.6. The molecule has 0 saturated carbocycles. The fourth-order valence-electron chi connectivity index (χ4n) is 3.97. The number of esters is 1. The van der Waals surface area contributed by atoms with Crippen molar-refractivity contribution in [3.05, 3.63) is 52.7 Å². The molecular weight excluding hydrogens is 488 g/mol. The van der Waals surface area contributed by atoms with E-state index in [-0.39, 0.29) is 23.2 Å². The van der Waals surface area contributed by atoms with Crippen LogP contribution in [0.4, 0.5) is 0 Å². The van der Waals surface area contributed by atoms with E-state index in [4.69, 9.17) is 14.5 Å². The van der Waals surface area contributed by atoms with Gasteiger partial charge in [0, 0.05) is 11.4 Å². The van der Waals surface area contributed by atoms with E-state index in [9.17, 15) is 10.1 Å². The summed E-state index contributed by atoms with van der Waals surface area (Å²) in [5, 5.41) is 10.2. The first-order valence-corrected chi connectivity index (χ1v) is 15.0. The van der Waals surface area contributed by atoms with Crippen LogP contribution >= 0.6 is 23.5 Å². The number of rotatable bonds is 12. The molecule has 0 aliphatic heterocycles. The van der Waals surface area contributed by atoms with Gasteiger partial charge >= 0.3 is 5.97 Å². The number of hydrogen-bond donors (Lipinski definition) is 0. The molecule has 0 N–H and O–H groups in total. The van der Waals surface area contributed by atoms with Crippen LogP contribution < -0.4 is 4.74 Å². The number of thioether (sulfide) groups is 2. The number of nitrogens with zero attached hydrogens (tertiary/aromatic N) is 2. The van der Waals surface area contributed by atoms with Crippen molar-refractivity contribution >= 4 is 29.5 Å². The van der Waals surface area contributed by atoms with Crippen LogP contribution in [0.15, 0.2) is 35.4 Å². The molecule has 1 unspecified atom stereocenters. The highest BCUT2D eigenvalue weighted by molar-refractivity contribution is 8.00. The van der Waals surface area contributed by atoms with Gasteiger partial charge in [0.2, 0.25) is 0 Å². The van der Waals surface area contributed by atoms with Crippen LogP contribution in [0.1, 0.15) is 75.8 Å². The van der Waals surface area contributed by atoms with Gasteiger partial charge in [-0.15, -0.1) is 0 Å². The molecule has 0 saturated heterocycles. The lowest BCUT2D eigenvalue weighted by Gasteiger charge is -2.21. The number of carbonyl (C=O) groups is 1. The van der Waals surface area contributed by atoms with Crippen LogP contribution in [-0.2, 0) is 27.8 Å². The number of hydrogen-bond acceptors (Lipinski definition) is 7. The van der Waals surface area contributed by atoms with Crippen molar-refractivity contribution in [2.45, 2.75) is 82.8 Å². The highest BCUT2D eigenvalue weighted by Gasteiger charge is 2.20. The molecule has 1 aliphatic rings. The minimum atomic E-state index is -0.339. The first-order valence-electron chi connectivity index (χ1n) is 12.9. The van der Waals surface area contributed by atoms with Crippen molar-refractivity contribution < 1.29 is 14.3 Å². The summed E-state index contributed by atoms with van der Waals surface area (Å²) < 4.78 is 11.8. The minimum absolute atomic E-state index is 0.0858. The Labute approximate surface area is 224 Å². The van der Waals surface area contributed by atoms with Crippen molar-refractivity contribution in [1.29, 1.82) is 5.26 Å². The summed E-state index contributed by atoms with van der Waals surface area (Å²) in [4.78, 5) is 17.5. The Morgan fingerprint density at radius 2 is 1.94 bits per heavy atom. The Kier molecular flexibility index (Phi) is 11.0. The molecule has 7 heteroatoms. The third kappa shape index (κ3) is 8.74. The second-order valence-electron chi connectivity index (χ2n) is 10.2. The maximum Gasteiger partial charge on any atom is 0.316 e. The van der Waals surface area contributed by atoms with E-state index < -0.39 is 0 Å². The Morgan fingerprint density at radius 1 is 1.19 bits per heavy atom. The van der Waals surface area contributed by atoms with Gasteiger partial charge in [0.05, 0.1) is 11.3 Å². The molecule has 5 nitrogen and oxygen atoms in total. The molecule has 0 amide bonds. The maximum atomic E-state index is 12.8. The van der Waals surface area contributed by atoms with Crippen molar-refractivity contribution in [2.75, 3.05) is 23.9 Å². The van der Waals surface area contributed by atoms with E-state index in [1.807, 2.05) is 18.2 Å². The predicted octanol–water partition coefficient (Wildman–Crippen LogP) is 6.75. The number of unbranched alkanes of at least 4 members (excludes halogenated alkanes) is 1. The van der Waals surface area contributed by atoms with Crippen LogP contribution in [0.5, 0.6) is 5.75 Å². The number of fused-ring (bicyclic) bond motifs is 1. The first kappa shape index (κ1) is 28.4. The molecule has 1 heterocycles. The highest BCUT2D eigenvalue weighted by atomic mass is 32.2. The molecule has 1 aromatic heterocycles. The van der Waals surface area contributed by atoms with Gasteiger partial charge in [0.15, 0.2) is 0 Å². The summed E-state index contributed by atoms with van der Waals surface area (Å²) in [7, 11) is 0. The number of ether oxygens (including phenoxy) is 2. The van der Waals surface area contributed by atoms with Crippen molar-refractivity contribution in [3.63, 3.8) is 0 Å². The van der Waals surface area contributed by atoms with Gasteiger partial charge in [-0.1, -0.05) is 58.0 Å². The fourth-order valence-corrected chi connectivity index (χ4v) is 5.81. The van der Waals surface area contributed by atoms with E-state index >= 15 is 0 Å². The molecule has 2 aromatic rings. The summed E-state index contributed by atoms with van der Waals surface area (Å²) in [6.07, 6.45) is 6.10. The van der Waals surface area contributed by atoms with Gasteiger partial charge in [-0.25, -0.2) is 4.98 Å². The topological polar surface area (TPSA) is 72.2 Å². The average molecular weight is 527 g/mol. The van der Waals surface area contributed by atoms with E-state index in [2.05, 4.69) is 45.9 Å². The van der Waals surface area contributed by atoms with Gasteiger partial charge in [0.1, 0.15) is 29.6 Å². The molecular formula is C29H38N2O3S2. The smallest absolute Gasteiger partial charge is 0.316 e. The van der Waals surface area contributed by atoms with Crippen molar-refractivity contribution in [2.24, 2.45) is 0 Å². The normalized spacial score (nSPS) is 14.0. The quantitative estimate of drug-likeness (QED) is 0.172. The van der Waals surface area contributed by atoms with Crippen LogP contribution in [-0.4, -0.2) is 40.9 Å². The Balaban J connectivity index is 1.57. The van der Waals surface area contributed by atoms with Crippen LogP contribution in [0.2, 0.25) is 0 Å². The molecule has 3 rings (SSSR count). The molecule has 0 fully saturated rings. The molecule has 0 spiro atoms.